The van der Waals surface area contributed by atoms with Gasteiger partial charge in [-0.2, -0.15) is 13.2 Å². The number of anilines is 1. The summed E-state index contributed by atoms with van der Waals surface area (Å²) in [4.78, 5) is 29.3. The Kier molecular flexibility index (Phi) is 7.85. The van der Waals surface area contributed by atoms with Gasteiger partial charge in [-0.25, -0.2) is 9.37 Å². The first-order valence-corrected chi connectivity index (χ1v) is 14.1. The molecule has 1 saturated heterocycles. The Morgan fingerprint density at radius 2 is 1.78 bits per heavy atom. The van der Waals surface area contributed by atoms with Crippen molar-refractivity contribution in [2.24, 2.45) is 7.05 Å². The van der Waals surface area contributed by atoms with Gasteiger partial charge >= 0.3 is 6.18 Å². The van der Waals surface area contributed by atoms with Crippen LogP contribution in [-0.4, -0.2) is 44.6 Å². The summed E-state index contributed by atoms with van der Waals surface area (Å²) in [5, 5.41) is 0.507. The number of pyridine rings is 2. The highest BCUT2D eigenvalue weighted by atomic mass is 32.1. The first-order chi connectivity index (χ1) is 19.5. The Bertz CT molecular complexity index is 1660. The fraction of sp³-hybridized carbons (Fsp3) is 0.379. The number of hydrogen-bond donors (Lipinski definition) is 0. The van der Waals surface area contributed by atoms with Crippen molar-refractivity contribution in [1.29, 1.82) is 0 Å². The van der Waals surface area contributed by atoms with Gasteiger partial charge in [-0.05, 0) is 42.7 Å². The summed E-state index contributed by atoms with van der Waals surface area (Å²) in [7, 11) is 1.66. The standard InChI is InChI=1S/C29H28F4N6OS/c1-5-19-15-39(27(17-7-9-18(30)10-8-17)21-16-41-28(35-21)29(31,32)33)20(6-2)14-38(19)23-13-25(40)37(4)22-11-12-24(34-3)36-26(22)23/h7-13,16,19-20,27H,5-6,14-15H2,1-2,4H3/t19-,20+,27?/m0/s1. The topological polar surface area (TPSA) is 58.6 Å². The van der Waals surface area contributed by atoms with Gasteiger partial charge in [0.15, 0.2) is 5.01 Å². The highest BCUT2D eigenvalue weighted by Crippen LogP contribution is 2.40. The molecule has 1 aliphatic rings. The molecule has 41 heavy (non-hydrogen) atoms. The zero-order chi connectivity index (χ0) is 29.5. The molecule has 7 nitrogen and oxygen atoms in total. The number of halogens is 4. The molecule has 4 aromatic rings. The zero-order valence-corrected chi connectivity index (χ0v) is 23.5. The first kappa shape index (κ1) is 28.7. The molecule has 0 amide bonds. The van der Waals surface area contributed by atoms with Crippen LogP contribution in [-0.2, 0) is 13.2 Å². The minimum absolute atomic E-state index is 0.129. The predicted molar refractivity (Wildman–Crippen MR) is 151 cm³/mol. The van der Waals surface area contributed by atoms with Crippen molar-refractivity contribution in [3.63, 3.8) is 0 Å². The Hall–Kier alpha value is -3.82. The molecule has 1 unspecified atom stereocenters. The second kappa shape index (κ2) is 11.2. The maximum Gasteiger partial charge on any atom is 0.443 e. The van der Waals surface area contributed by atoms with Crippen LogP contribution < -0.4 is 10.5 Å². The van der Waals surface area contributed by atoms with Crippen molar-refractivity contribution in [3.05, 3.63) is 91.7 Å². The maximum atomic E-state index is 13.9. The summed E-state index contributed by atoms with van der Waals surface area (Å²) >= 11 is 0.550. The second-order valence-corrected chi connectivity index (χ2v) is 10.9. The number of alkyl halides is 3. The number of nitrogens with zero attached hydrogens (tertiary/aromatic N) is 6. The van der Waals surface area contributed by atoms with Gasteiger partial charge < -0.3 is 14.3 Å². The molecule has 0 aliphatic carbocycles. The van der Waals surface area contributed by atoms with Gasteiger partial charge in [-0.15, -0.1) is 16.3 Å². The van der Waals surface area contributed by atoms with Crippen molar-refractivity contribution in [3.8, 4) is 0 Å². The van der Waals surface area contributed by atoms with E-state index >= 15 is 0 Å². The van der Waals surface area contributed by atoms with Crippen molar-refractivity contribution in [2.75, 3.05) is 18.0 Å². The summed E-state index contributed by atoms with van der Waals surface area (Å²) in [6, 6.07) is 9.74. The number of hydrogen-bond acceptors (Lipinski definition) is 6. The Labute approximate surface area is 238 Å². The molecule has 1 aromatic carbocycles. The van der Waals surface area contributed by atoms with E-state index in [-0.39, 0.29) is 29.2 Å². The fourth-order valence-corrected chi connectivity index (χ4v) is 6.30. The third kappa shape index (κ3) is 5.44. The molecule has 4 heterocycles. The lowest BCUT2D eigenvalue weighted by atomic mass is 9.94. The number of aromatic nitrogens is 3. The average molecular weight is 585 g/mol. The molecule has 3 aromatic heterocycles. The summed E-state index contributed by atoms with van der Waals surface area (Å²) in [5.74, 6) is -0.217. The third-order valence-corrected chi connectivity index (χ3v) is 8.63. The van der Waals surface area contributed by atoms with Crippen LogP contribution in [0.2, 0.25) is 0 Å². The smallest absolute Gasteiger partial charge is 0.362 e. The minimum Gasteiger partial charge on any atom is -0.362 e. The van der Waals surface area contributed by atoms with E-state index in [1.807, 2.05) is 13.8 Å². The maximum absolute atomic E-state index is 13.9. The Morgan fingerprint density at radius 3 is 2.39 bits per heavy atom. The van der Waals surface area contributed by atoms with Crippen LogP contribution in [0.1, 0.15) is 49.0 Å². The van der Waals surface area contributed by atoms with Crippen LogP contribution in [0.5, 0.6) is 0 Å². The van der Waals surface area contributed by atoms with Crippen molar-refractivity contribution in [2.45, 2.75) is 51.0 Å². The quantitative estimate of drug-likeness (QED) is 0.190. The predicted octanol–water partition coefficient (Wildman–Crippen LogP) is 6.57. The molecule has 5 rings (SSSR count). The molecule has 0 bridgehead atoms. The second-order valence-electron chi connectivity index (χ2n) is 10.1. The molecule has 0 spiro atoms. The van der Waals surface area contributed by atoms with E-state index in [0.29, 0.717) is 59.6 Å². The van der Waals surface area contributed by atoms with E-state index in [4.69, 9.17) is 6.57 Å². The molecule has 0 N–H and O–H groups in total. The van der Waals surface area contributed by atoms with Gasteiger partial charge in [-0.3, -0.25) is 9.69 Å². The van der Waals surface area contributed by atoms with Gasteiger partial charge in [0.25, 0.3) is 11.4 Å². The van der Waals surface area contributed by atoms with Crippen LogP contribution in [0.4, 0.5) is 29.1 Å². The van der Waals surface area contributed by atoms with Crippen LogP contribution in [0, 0.1) is 12.4 Å². The largest absolute Gasteiger partial charge is 0.443 e. The molecule has 1 fully saturated rings. The highest BCUT2D eigenvalue weighted by molar-refractivity contribution is 7.09. The molecule has 1 aliphatic heterocycles. The van der Waals surface area contributed by atoms with E-state index in [1.54, 1.807) is 37.4 Å². The molecule has 3 atom stereocenters. The highest BCUT2D eigenvalue weighted by Gasteiger charge is 2.41. The van der Waals surface area contributed by atoms with E-state index in [2.05, 4.69) is 24.6 Å². The minimum atomic E-state index is -4.57. The number of aryl methyl sites for hydroxylation is 1. The van der Waals surface area contributed by atoms with Gasteiger partial charge in [0, 0.05) is 43.7 Å². The fourth-order valence-electron chi connectivity index (χ4n) is 5.60. The van der Waals surface area contributed by atoms with Crippen LogP contribution in [0.25, 0.3) is 15.9 Å². The Balaban J connectivity index is 1.61. The number of fused-ring (bicyclic) bond motifs is 1. The van der Waals surface area contributed by atoms with Gasteiger partial charge in [0.05, 0.1) is 22.9 Å². The number of benzene rings is 1. The van der Waals surface area contributed by atoms with Gasteiger partial charge in [0.1, 0.15) is 5.82 Å². The lowest BCUT2D eigenvalue weighted by Crippen LogP contribution is -2.59. The van der Waals surface area contributed by atoms with E-state index in [1.165, 1.54) is 22.1 Å². The van der Waals surface area contributed by atoms with E-state index in [0.717, 1.165) is 0 Å². The van der Waals surface area contributed by atoms with Crippen LogP contribution in [0.3, 0.4) is 0 Å². The molecule has 214 valence electrons. The molecular weight excluding hydrogens is 556 g/mol. The molecule has 12 heteroatoms. The van der Waals surface area contributed by atoms with Gasteiger partial charge in [0.2, 0.25) is 5.52 Å². The lowest BCUT2D eigenvalue weighted by Gasteiger charge is -2.49. The van der Waals surface area contributed by atoms with E-state index in [9.17, 15) is 22.4 Å². The first-order valence-electron chi connectivity index (χ1n) is 13.2. The Morgan fingerprint density at radius 1 is 1.07 bits per heavy atom. The zero-order valence-electron chi connectivity index (χ0n) is 22.7. The molecular formula is C29H28F4N6OS. The normalized spacial score (nSPS) is 18.9. The summed E-state index contributed by atoms with van der Waals surface area (Å²) in [6.07, 6.45) is -3.24. The van der Waals surface area contributed by atoms with Crippen LogP contribution >= 0.6 is 11.3 Å². The van der Waals surface area contributed by atoms with Gasteiger partial charge in [-0.1, -0.05) is 32.6 Å². The van der Waals surface area contributed by atoms with E-state index < -0.39 is 23.0 Å². The number of piperazine rings is 1. The van der Waals surface area contributed by atoms with Crippen molar-refractivity contribution < 1.29 is 17.6 Å². The monoisotopic (exact) mass is 584 g/mol. The van der Waals surface area contributed by atoms with Crippen molar-refractivity contribution in [1.82, 2.24) is 19.4 Å². The lowest BCUT2D eigenvalue weighted by molar-refractivity contribution is -0.137. The van der Waals surface area contributed by atoms with Crippen molar-refractivity contribution >= 4 is 33.9 Å². The SMILES string of the molecule is [C-]#[N+]c1ccc2c(n1)c(N1C[C@@H](CC)N(C(c3ccc(F)cc3)c3csc(C(F)(F)F)n3)C[C@@H]1CC)cc(=O)n2C. The number of rotatable bonds is 6. The van der Waals surface area contributed by atoms with Crippen LogP contribution in [0.15, 0.2) is 52.6 Å². The summed E-state index contributed by atoms with van der Waals surface area (Å²) < 4.78 is 56.0. The third-order valence-electron chi connectivity index (χ3n) is 7.72. The summed E-state index contributed by atoms with van der Waals surface area (Å²) in [5.41, 5.74) is 2.49. The summed E-state index contributed by atoms with van der Waals surface area (Å²) in [6.45, 7) is 12.4. The average Bonchev–Trinajstić information content (AvgIpc) is 3.46. The molecule has 0 saturated carbocycles. The number of thiazole rings is 1. The molecule has 0 radical (unpaired) electrons.